The number of halogens is 4. The fraction of sp³-hybridized carbons (Fsp3) is 0.0714. The van der Waals surface area contributed by atoms with Gasteiger partial charge in [0.2, 0.25) is 0 Å². The van der Waals surface area contributed by atoms with E-state index in [0.29, 0.717) is 33.6 Å². The van der Waals surface area contributed by atoms with Gasteiger partial charge in [0.15, 0.2) is 11.6 Å². The number of carbonyl (C=O) groups excluding carboxylic acids is 2. The van der Waals surface area contributed by atoms with Crippen LogP contribution in [0.2, 0.25) is 0 Å². The molecule has 0 fully saturated rings. The topological polar surface area (TPSA) is 58.2 Å². The minimum atomic E-state index is -0.201. The lowest BCUT2D eigenvalue weighted by Gasteiger charge is -2.25. The minimum absolute atomic E-state index is 0.172. The van der Waals surface area contributed by atoms with Gasteiger partial charge < -0.3 is 10.6 Å². The van der Waals surface area contributed by atoms with Crippen molar-refractivity contribution in [2.45, 2.75) is 13.8 Å². The van der Waals surface area contributed by atoms with Gasteiger partial charge in [-0.3, -0.25) is 9.59 Å². The molecule has 4 aromatic rings. The SMILES string of the molecule is Cc1cc(Br)c(Nc2ccc3c(c2Nc2c(Br)cc(C)cc2Br)C(=O)c2ccccc2C3=O)c(Br)c1. The van der Waals surface area contributed by atoms with Crippen molar-refractivity contribution in [2.24, 2.45) is 0 Å². The van der Waals surface area contributed by atoms with Crippen LogP contribution in [0.1, 0.15) is 43.0 Å². The molecule has 0 saturated carbocycles. The van der Waals surface area contributed by atoms with Crippen LogP contribution < -0.4 is 10.6 Å². The minimum Gasteiger partial charge on any atom is -0.352 e. The Morgan fingerprint density at radius 2 is 1.03 bits per heavy atom. The van der Waals surface area contributed by atoms with E-state index in [1.165, 1.54) is 0 Å². The van der Waals surface area contributed by atoms with Crippen LogP contribution in [0.3, 0.4) is 0 Å². The van der Waals surface area contributed by atoms with Crippen LogP contribution in [-0.2, 0) is 0 Å². The highest BCUT2D eigenvalue weighted by Gasteiger charge is 2.33. The Kier molecular flexibility index (Phi) is 6.98. The molecule has 0 atom stereocenters. The number of hydrogen-bond donors (Lipinski definition) is 2. The van der Waals surface area contributed by atoms with Crippen molar-refractivity contribution in [2.75, 3.05) is 10.6 Å². The Bertz CT molecular complexity index is 1550. The molecule has 0 spiro atoms. The third-order valence-electron chi connectivity index (χ3n) is 5.98. The van der Waals surface area contributed by atoms with Gasteiger partial charge in [-0.15, -0.1) is 0 Å². The van der Waals surface area contributed by atoms with E-state index in [0.717, 1.165) is 40.4 Å². The molecule has 0 unspecified atom stereocenters. The normalized spacial score (nSPS) is 12.3. The van der Waals surface area contributed by atoms with E-state index in [1.54, 1.807) is 30.3 Å². The molecule has 1 aliphatic carbocycles. The Balaban J connectivity index is 1.74. The molecular weight excluding hydrogens is 716 g/mol. The number of benzene rings is 4. The van der Waals surface area contributed by atoms with Crippen molar-refractivity contribution in [3.8, 4) is 0 Å². The second kappa shape index (κ2) is 9.89. The van der Waals surface area contributed by atoms with E-state index in [2.05, 4.69) is 74.4 Å². The van der Waals surface area contributed by atoms with Gasteiger partial charge in [-0.25, -0.2) is 0 Å². The first-order chi connectivity index (χ1) is 17.2. The van der Waals surface area contributed by atoms with E-state index >= 15 is 0 Å². The summed E-state index contributed by atoms with van der Waals surface area (Å²) in [6, 6.07) is 18.5. The summed E-state index contributed by atoms with van der Waals surface area (Å²) in [5, 5.41) is 6.92. The summed E-state index contributed by atoms with van der Waals surface area (Å²) in [6.45, 7) is 4.02. The van der Waals surface area contributed by atoms with E-state index < -0.39 is 0 Å². The molecule has 0 bridgehead atoms. The van der Waals surface area contributed by atoms with Gasteiger partial charge in [-0.1, -0.05) is 24.3 Å². The van der Waals surface area contributed by atoms with Crippen molar-refractivity contribution >= 4 is 98.0 Å². The van der Waals surface area contributed by atoms with E-state index in [1.807, 2.05) is 44.2 Å². The van der Waals surface area contributed by atoms with Gasteiger partial charge >= 0.3 is 0 Å². The Labute approximate surface area is 242 Å². The Morgan fingerprint density at radius 1 is 0.556 bits per heavy atom. The fourth-order valence-electron chi connectivity index (χ4n) is 4.32. The summed E-state index contributed by atoms with van der Waals surface area (Å²) >= 11 is 14.6. The molecule has 0 aliphatic heterocycles. The zero-order valence-corrected chi connectivity index (χ0v) is 25.4. The van der Waals surface area contributed by atoms with Crippen molar-refractivity contribution in [1.29, 1.82) is 0 Å². The molecule has 4 aromatic carbocycles. The third kappa shape index (κ3) is 4.49. The smallest absolute Gasteiger partial charge is 0.196 e. The zero-order valence-electron chi connectivity index (χ0n) is 19.1. The second-order valence-corrected chi connectivity index (χ2v) is 12.0. The number of hydrogen-bond acceptors (Lipinski definition) is 4. The molecule has 0 heterocycles. The highest BCUT2D eigenvalue weighted by Crippen LogP contribution is 2.44. The van der Waals surface area contributed by atoms with Crippen LogP contribution in [0, 0.1) is 13.8 Å². The quantitative estimate of drug-likeness (QED) is 0.193. The molecule has 2 N–H and O–H groups in total. The maximum absolute atomic E-state index is 13.8. The lowest BCUT2D eigenvalue weighted by atomic mass is 9.82. The molecule has 0 aromatic heterocycles. The van der Waals surface area contributed by atoms with Crippen LogP contribution in [0.5, 0.6) is 0 Å². The zero-order chi connectivity index (χ0) is 25.7. The van der Waals surface area contributed by atoms with Crippen molar-refractivity contribution in [3.63, 3.8) is 0 Å². The maximum Gasteiger partial charge on any atom is 0.196 e. The lowest BCUT2D eigenvalue weighted by Crippen LogP contribution is -2.22. The molecule has 5 rings (SSSR count). The average Bonchev–Trinajstić information content (AvgIpc) is 2.82. The summed E-state index contributed by atoms with van der Waals surface area (Å²) in [5.41, 5.74) is 6.41. The van der Waals surface area contributed by atoms with Crippen molar-refractivity contribution < 1.29 is 9.59 Å². The predicted octanol–water partition coefficient (Wildman–Crippen LogP) is 9.62. The fourth-order valence-corrected chi connectivity index (χ4v) is 7.55. The highest BCUT2D eigenvalue weighted by atomic mass is 79.9. The molecule has 0 radical (unpaired) electrons. The van der Waals surface area contributed by atoms with Crippen LogP contribution >= 0.6 is 63.7 Å². The van der Waals surface area contributed by atoms with Crippen molar-refractivity contribution in [1.82, 2.24) is 0 Å². The Hall–Kier alpha value is -2.26. The van der Waals surface area contributed by atoms with Gasteiger partial charge in [-0.05, 0) is 125 Å². The highest BCUT2D eigenvalue weighted by molar-refractivity contribution is 9.11. The number of rotatable bonds is 4. The molecule has 4 nitrogen and oxygen atoms in total. The van der Waals surface area contributed by atoms with Gasteiger partial charge in [0.1, 0.15) is 0 Å². The molecule has 36 heavy (non-hydrogen) atoms. The second-order valence-electron chi connectivity index (χ2n) is 8.57. The number of carbonyl (C=O) groups is 2. The Morgan fingerprint density at radius 3 is 1.56 bits per heavy atom. The largest absolute Gasteiger partial charge is 0.352 e. The number of fused-ring (bicyclic) bond motifs is 2. The monoisotopic (exact) mass is 730 g/mol. The standard InChI is InChI=1S/C28H18Br4N2O2/c1-13-9-18(29)24(19(30)10-13)33-22-8-7-17-23(28(36)16-6-4-3-5-15(16)27(17)35)26(22)34-25-20(31)11-14(2)12-21(25)32/h3-12,33-34H,1-2H3. The average molecular weight is 734 g/mol. The molecular formula is C28H18Br4N2O2. The third-order valence-corrected chi connectivity index (χ3v) is 8.48. The number of aryl methyl sites for hydroxylation is 2. The molecule has 0 saturated heterocycles. The predicted molar refractivity (Wildman–Crippen MR) is 159 cm³/mol. The first-order valence-electron chi connectivity index (χ1n) is 11.0. The maximum atomic E-state index is 13.8. The first kappa shape index (κ1) is 25.4. The molecule has 180 valence electrons. The number of nitrogens with one attached hydrogen (secondary N) is 2. The van der Waals surface area contributed by atoms with E-state index in [9.17, 15) is 9.59 Å². The van der Waals surface area contributed by atoms with Crippen LogP contribution in [0.4, 0.5) is 22.7 Å². The van der Waals surface area contributed by atoms with E-state index in [4.69, 9.17) is 0 Å². The first-order valence-corrected chi connectivity index (χ1v) is 14.1. The summed E-state index contributed by atoms with van der Waals surface area (Å²) in [7, 11) is 0. The summed E-state index contributed by atoms with van der Waals surface area (Å²) in [5.74, 6) is -0.373. The van der Waals surface area contributed by atoms with Crippen LogP contribution in [0.15, 0.2) is 78.6 Å². The lowest BCUT2D eigenvalue weighted by molar-refractivity contribution is 0.0980. The molecule has 0 amide bonds. The summed E-state index contributed by atoms with van der Waals surface area (Å²) < 4.78 is 3.38. The summed E-state index contributed by atoms with van der Waals surface area (Å²) in [4.78, 5) is 27.2. The van der Waals surface area contributed by atoms with Gasteiger partial charge in [-0.2, -0.15) is 0 Å². The molecule has 8 heteroatoms. The van der Waals surface area contributed by atoms with Crippen LogP contribution in [0.25, 0.3) is 0 Å². The van der Waals surface area contributed by atoms with Crippen LogP contribution in [-0.4, -0.2) is 11.6 Å². The van der Waals surface area contributed by atoms with Gasteiger partial charge in [0.25, 0.3) is 0 Å². The van der Waals surface area contributed by atoms with Gasteiger partial charge in [0.05, 0.1) is 28.3 Å². The number of anilines is 4. The van der Waals surface area contributed by atoms with E-state index in [-0.39, 0.29) is 11.6 Å². The number of ketones is 2. The summed E-state index contributed by atoms with van der Waals surface area (Å²) in [6.07, 6.45) is 0. The van der Waals surface area contributed by atoms with Gasteiger partial charge in [0, 0.05) is 34.6 Å². The van der Waals surface area contributed by atoms with Crippen molar-refractivity contribution in [3.05, 3.63) is 112 Å². The molecule has 1 aliphatic rings.